The minimum absolute atomic E-state index is 0.207. The van der Waals surface area contributed by atoms with Gasteiger partial charge in [-0.15, -0.1) is 0 Å². The van der Waals surface area contributed by atoms with Crippen LogP contribution in [0.2, 0.25) is 0 Å². The lowest BCUT2D eigenvalue weighted by Gasteiger charge is -2.42. The normalized spacial score (nSPS) is 17.2. The molecular formula is C33H40N6O3S. The van der Waals surface area contributed by atoms with E-state index in [2.05, 4.69) is 39.5 Å². The highest BCUT2D eigenvalue weighted by Crippen LogP contribution is 2.35. The second-order valence-electron chi connectivity index (χ2n) is 11.8. The molecule has 2 saturated heterocycles. The second-order valence-corrected chi connectivity index (χ2v) is 13.7. The minimum atomic E-state index is -3.44. The van der Waals surface area contributed by atoms with Gasteiger partial charge >= 0.3 is 0 Å². The zero-order valence-electron chi connectivity index (χ0n) is 25.1. The summed E-state index contributed by atoms with van der Waals surface area (Å²) < 4.78 is 30.7. The highest BCUT2D eigenvalue weighted by Gasteiger charge is 2.27. The fraction of sp³-hybridized carbons (Fsp3) is 0.394. The van der Waals surface area contributed by atoms with E-state index in [-0.39, 0.29) is 4.90 Å². The lowest BCUT2D eigenvalue weighted by Crippen LogP contribution is -2.47. The summed E-state index contributed by atoms with van der Waals surface area (Å²) in [6.45, 7) is 6.90. The van der Waals surface area contributed by atoms with Gasteiger partial charge in [0.25, 0.3) is 0 Å². The summed E-state index contributed by atoms with van der Waals surface area (Å²) in [4.78, 5) is 14.9. The number of piperidine rings is 2. The van der Waals surface area contributed by atoms with Crippen molar-refractivity contribution in [3.63, 3.8) is 0 Å². The van der Waals surface area contributed by atoms with Crippen molar-refractivity contribution < 1.29 is 13.2 Å². The molecule has 10 heteroatoms. The molecule has 0 atom stereocenters. The number of sulfone groups is 1. The number of anilines is 5. The van der Waals surface area contributed by atoms with E-state index >= 15 is 0 Å². The number of aromatic nitrogens is 2. The van der Waals surface area contributed by atoms with Gasteiger partial charge in [0.1, 0.15) is 11.6 Å². The minimum Gasteiger partial charge on any atom is -0.494 e. The maximum atomic E-state index is 12.4. The van der Waals surface area contributed by atoms with Crippen LogP contribution in [-0.4, -0.2) is 68.9 Å². The molecule has 0 unspecified atom stereocenters. The Morgan fingerprint density at radius 1 is 0.837 bits per heavy atom. The van der Waals surface area contributed by atoms with Crippen LogP contribution in [-0.2, 0) is 9.84 Å². The van der Waals surface area contributed by atoms with Crippen molar-refractivity contribution in [2.24, 2.45) is 5.92 Å². The number of nitrogens with one attached hydrogen (secondary N) is 2. The van der Waals surface area contributed by atoms with Gasteiger partial charge in [0.05, 0.1) is 28.9 Å². The van der Waals surface area contributed by atoms with Crippen molar-refractivity contribution in [1.82, 2.24) is 14.9 Å². The van der Waals surface area contributed by atoms with Crippen molar-refractivity contribution in [2.75, 3.05) is 55.1 Å². The Morgan fingerprint density at radius 3 is 2.30 bits per heavy atom. The number of benzene rings is 3. The molecule has 3 heterocycles. The highest BCUT2D eigenvalue weighted by molar-refractivity contribution is 7.90. The number of methoxy groups -OCH3 is 1. The molecule has 6 rings (SSSR count). The standard InChI is InChI=1S/C33H40N6O3S/c1-23-14-18-38(19-15-23)24-16-20-39(21-17-24)25-12-13-28(30(22-25)42-2)36-33-35-27-9-5-4-8-26(27)32(37-33)34-29-10-6-7-11-31(29)43(3,40)41/h4-13,22-24H,14-21H2,1-3H3,(H2,34,35,36,37). The summed E-state index contributed by atoms with van der Waals surface area (Å²) in [7, 11) is -1.77. The van der Waals surface area contributed by atoms with Gasteiger partial charge in [-0.05, 0) is 81.1 Å². The maximum absolute atomic E-state index is 12.4. The van der Waals surface area contributed by atoms with Gasteiger partial charge in [0.2, 0.25) is 5.95 Å². The zero-order valence-corrected chi connectivity index (χ0v) is 25.9. The molecule has 9 nitrogen and oxygen atoms in total. The summed E-state index contributed by atoms with van der Waals surface area (Å²) >= 11 is 0. The zero-order chi connectivity index (χ0) is 30.0. The summed E-state index contributed by atoms with van der Waals surface area (Å²) in [5.74, 6) is 2.44. The summed E-state index contributed by atoms with van der Waals surface area (Å²) in [5.41, 5.74) is 3.08. The lowest BCUT2D eigenvalue weighted by atomic mass is 9.95. The largest absolute Gasteiger partial charge is 0.494 e. The molecule has 2 fully saturated rings. The predicted octanol–water partition coefficient (Wildman–Crippen LogP) is 6.23. The molecule has 3 aromatic carbocycles. The summed E-state index contributed by atoms with van der Waals surface area (Å²) in [5, 5.41) is 7.37. The molecule has 2 aliphatic heterocycles. The topological polar surface area (TPSA) is 99.7 Å². The average molecular weight is 601 g/mol. The molecule has 43 heavy (non-hydrogen) atoms. The van der Waals surface area contributed by atoms with Crippen LogP contribution >= 0.6 is 0 Å². The first-order chi connectivity index (χ1) is 20.8. The van der Waals surface area contributed by atoms with Crippen molar-refractivity contribution in [2.45, 2.75) is 43.5 Å². The molecular weight excluding hydrogens is 560 g/mol. The van der Waals surface area contributed by atoms with Gasteiger partial charge in [-0.25, -0.2) is 13.4 Å². The number of hydrogen-bond acceptors (Lipinski definition) is 9. The van der Waals surface area contributed by atoms with Crippen LogP contribution in [0.4, 0.5) is 28.8 Å². The molecule has 0 aliphatic carbocycles. The number of nitrogens with zero attached hydrogens (tertiary/aromatic N) is 4. The fourth-order valence-electron chi connectivity index (χ4n) is 6.23. The molecule has 2 N–H and O–H groups in total. The number of hydrogen-bond donors (Lipinski definition) is 2. The van der Waals surface area contributed by atoms with Crippen molar-refractivity contribution in [3.05, 3.63) is 66.7 Å². The highest BCUT2D eigenvalue weighted by atomic mass is 32.2. The fourth-order valence-corrected chi connectivity index (χ4v) is 7.08. The third-order valence-electron chi connectivity index (χ3n) is 8.74. The number of rotatable bonds is 8. The van der Waals surface area contributed by atoms with Crippen LogP contribution in [0.3, 0.4) is 0 Å². The molecule has 0 bridgehead atoms. The predicted molar refractivity (Wildman–Crippen MR) is 174 cm³/mol. The van der Waals surface area contributed by atoms with E-state index in [0.29, 0.717) is 29.2 Å². The molecule has 0 radical (unpaired) electrons. The van der Waals surface area contributed by atoms with Crippen LogP contribution in [0.25, 0.3) is 10.9 Å². The van der Waals surface area contributed by atoms with Gasteiger partial charge in [-0.3, -0.25) is 0 Å². The second kappa shape index (κ2) is 12.4. The Kier molecular flexibility index (Phi) is 8.41. The molecule has 2 aliphatic rings. The number of fused-ring (bicyclic) bond motifs is 1. The van der Waals surface area contributed by atoms with E-state index in [1.165, 1.54) is 45.0 Å². The van der Waals surface area contributed by atoms with Gasteiger partial charge in [0, 0.05) is 42.5 Å². The Bertz CT molecular complexity index is 1700. The van der Waals surface area contributed by atoms with Gasteiger partial charge < -0.3 is 25.2 Å². The van der Waals surface area contributed by atoms with Crippen LogP contribution in [0.1, 0.15) is 32.6 Å². The van der Waals surface area contributed by atoms with E-state index < -0.39 is 9.84 Å². The Labute approximate surface area is 254 Å². The quantitative estimate of drug-likeness (QED) is 0.244. The SMILES string of the molecule is COc1cc(N2CCC(N3CCC(C)CC3)CC2)ccc1Nc1nc(Nc2ccccc2S(C)(=O)=O)c2ccccc2n1. The first kappa shape index (κ1) is 29.2. The Balaban J connectivity index is 1.22. The van der Waals surface area contributed by atoms with Gasteiger partial charge in [-0.2, -0.15) is 4.98 Å². The van der Waals surface area contributed by atoms with Crippen LogP contribution in [0.15, 0.2) is 71.6 Å². The van der Waals surface area contributed by atoms with Crippen molar-refractivity contribution in [1.29, 1.82) is 0 Å². The molecule has 0 amide bonds. The number of ether oxygens (including phenoxy) is 1. The van der Waals surface area contributed by atoms with Crippen molar-refractivity contribution in [3.8, 4) is 5.75 Å². The van der Waals surface area contributed by atoms with E-state index in [9.17, 15) is 8.42 Å². The van der Waals surface area contributed by atoms with E-state index in [4.69, 9.17) is 14.7 Å². The number of para-hydroxylation sites is 2. The maximum Gasteiger partial charge on any atom is 0.229 e. The smallest absolute Gasteiger partial charge is 0.229 e. The van der Waals surface area contributed by atoms with Crippen LogP contribution in [0, 0.1) is 5.92 Å². The Morgan fingerprint density at radius 2 is 1.56 bits per heavy atom. The lowest BCUT2D eigenvalue weighted by molar-refractivity contribution is 0.120. The van der Waals surface area contributed by atoms with Gasteiger partial charge in [0.15, 0.2) is 9.84 Å². The molecule has 0 spiro atoms. The Hall–Kier alpha value is -3.89. The van der Waals surface area contributed by atoms with E-state index in [1.807, 2.05) is 30.3 Å². The van der Waals surface area contributed by atoms with Crippen LogP contribution < -0.4 is 20.3 Å². The molecule has 226 valence electrons. The summed E-state index contributed by atoms with van der Waals surface area (Å²) in [6.07, 6.45) is 6.20. The first-order valence-electron chi connectivity index (χ1n) is 15.1. The van der Waals surface area contributed by atoms with E-state index in [1.54, 1.807) is 31.4 Å². The third kappa shape index (κ3) is 6.55. The third-order valence-corrected chi connectivity index (χ3v) is 9.89. The van der Waals surface area contributed by atoms with Crippen LogP contribution in [0.5, 0.6) is 5.75 Å². The summed E-state index contributed by atoms with van der Waals surface area (Å²) in [6, 6.07) is 21.4. The first-order valence-corrected chi connectivity index (χ1v) is 16.9. The average Bonchev–Trinajstić information content (AvgIpc) is 3.01. The molecule has 1 aromatic heterocycles. The molecule has 0 saturated carbocycles. The number of likely N-dealkylation sites (tertiary alicyclic amines) is 1. The monoisotopic (exact) mass is 600 g/mol. The molecule has 4 aromatic rings. The van der Waals surface area contributed by atoms with E-state index in [0.717, 1.165) is 41.3 Å². The van der Waals surface area contributed by atoms with Crippen molar-refractivity contribution >= 4 is 49.6 Å². The van der Waals surface area contributed by atoms with Gasteiger partial charge in [-0.1, -0.05) is 31.2 Å².